The number of hydrogen-bond donors (Lipinski definition) is 0. The lowest BCUT2D eigenvalue weighted by Crippen LogP contribution is -2.14. The number of carbonyl (C=O) groups is 1. The molecule has 100 valence electrons. The summed E-state index contributed by atoms with van der Waals surface area (Å²) in [4.78, 5) is 13.2. The predicted molar refractivity (Wildman–Crippen MR) is 53.6 cm³/mol. The van der Waals surface area contributed by atoms with Gasteiger partial charge >= 0.3 is 12.1 Å². The second-order valence-electron chi connectivity index (χ2n) is 3.00. The van der Waals surface area contributed by atoms with Crippen LogP contribution in [0.5, 0.6) is 0 Å². The second kappa shape index (κ2) is 4.73. The van der Waals surface area contributed by atoms with Crippen LogP contribution in [0.25, 0.3) is 0 Å². The first-order chi connectivity index (χ1) is 8.05. The maximum absolute atomic E-state index is 12.5. The molecule has 1 aromatic rings. The maximum atomic E-state index is 12.5. The summed E-state index contributed by atoms with van der Waals surface area (Å²) in [5.74, 6) is -1.21. The monoisotopic (exact) mass is 303 g/mol. The van der Waals surface area contributed by atoms with Crippen LogP contribution in [0.4, 0.5) is 13.2 Å². The average molecular weight is 304 g/mol. The van der Waals surface area contributed by atoms with Gasteiger partial charge in [0, 0.05) is 10.7 Å². The Morgan fingerprint density at radius 1 is 1.39 bits per heavy atom. The number of ether oxygens (including phenoxy) is 1. The standard InChI is InChI=1S/C8H5ClF3NO4S/c1-17-7(14)5-2-4(18(9,15)16)3-6(13-5)8(10,11)12/h2-3H,1H3. The van der Waals surface area contributed by atoms with E-state index in [1.165, 1.54) is 0 Å². The van der Waals surface area contributed by atoms with Crippen LogP contribution in [0, 0.1) is 0 Å². The fraction of sp³-hybridized carbons (Fsp3) is 0.250. The maximum Gasteiger partial charge on any atom is 0.433 e. The van der Waals surface area contributed by atoms with E-state index in [0.29, 0.717) is 6.07 Å². The van der Waals surface area contributed by atoms with Crippen molar-refractivity contribution in [2.75, 3.05) is 7.11 Å². The summed E-state index contributed by atoms with van der Waals surface area (Å²) in [6.07, 6.45) is -4.92. The highest BCUT2D eigenvalue weighted by Gasteiger charge is 2.35. The van der Waals surface area contributed by atoms with Gasteiger partial charge in [-0.05, 0) is 12.1 Å². The Hall–Kier alpha value is -1.35. The highest BCUT2D eigenvalue weighted by molar-refractivity contribution is 8.13. The second-order valence-corrected chi connectivity index (χ2v) is 5.57. The van der Waals surface area contributed by atoms with Gasteiger partial charge in [0.25, 0.3) is 9.05 Å². The molecule has 1 rings (SSSR count). The average Bonchev–Trinajstić information content (AvgIpc) is 2.25. The quantitative estimate of drug-likeness (QED) is 0.615. The number of methoxy groups -OCH3 is 1. The van der Waals surface area contributed by atoms with E-state index in [1.807, 2.05) is 0 Å². The number of rotatable bonds is 2. The molecule has 10 heteroatoms. The Balaban J connectivity index is 3.54. The molecule has 0 aromatic carbocycles. The summed E-state index contributed by atoms with van der Waals surface area (Å²) in [6, 6.07) is 0.832. The van der Waals surface area contributed by atoms with E-state index in [2.05, 4.69) is 9.72 Å². The zero-order valence-corrected chi connectivity index (χ0v) is 10.2. The highest BCUT2D eigenvalue weighted by Crippen LogP contribution is 2.30. The summed E-state index contributed by atoms with van der Waals surface area (Å²) in [5.41, 5.74) is -2.35. The van der Waals surface area contributed by atoms with Gasteiger partial charge in [0.2, 0.25) is 0 Å². The Morgan fingerprint density at radius 2 is 1.94 bits per heavy atom. The van der Waals surface area contributed by atoms with Crippen LogP contribution >= 0.6 is 10.7 Å². The molecule has 0 fully saturated rings. The number of hydrogen-bond acceptors (Lipinski definition) is 5. The third-order valence-corrected chi connectivity index (χ3v) is 3.10. The van der Waals surface area contributed by atoms with Gasteiger partial charge in [0.1, 0.15) is 11.4 Å². The SMILES string of the molecule is COC(=O)c1cc(S(=O)(=O)Cl)cc(C(F)(F)F)n1. The van der Waals surface area contributed by atoms with Crippen molar-refractivity contribution in [1.29, 1.82) is 0 Å². The van der Waals surface area contributed by atoms with Gasteiger partial charge in [0.15, 0.2) is 0 Å². The lowest BCUT2D eigenvalue weighted by atomic mass is 10.3. The molecule has 5 nitrogen and oxygen atoms in total. The van der Waals surface area contributed by atoms with E-state index in [4.69, 9.17) is 10.7 Å². The van der Waals surface area contributed by atoms with Crippen molar-refractivity contribution in [1.82, 2.24) is 4.98 Å². The van der Waals surface area contributed by atoms with Gasteiger partial charge in [-0.3, -0.25) is 0 Å². The van der Waals surface area contributed by atoms with Gasteiger partial charge in [-0.2, -0.15) is 13.2 Å². The zero-order valence-electron chi connectivity index (χ0n) is 8.66. The molecule has 0 saturated heterocycles. The number of halogens is 4. The van der Waals surface area contributed by atoms with Crippen molar-refractivity contribution < 1.29 is 31.1 Å². The van der Waals surface area contributed by atoms with Crippen LogP contribution in [0.2, 0.25) is 0 Å². The normalized spacial score (nSPS) is 12.3. The van der Waals surface area contributed by atoms with Crippen molar-refractivity contribution in [3.8, 4) is 0 Å². The topological polar surface area (TPSA) is 73.3 Å². The number of carbonyl (C=O) groups excluding carboxylic acids is 1. The third-order valence-electron chi connectivity index (χ3n) is 1.77. The minimum Gasteiger partial charge on any atom is -0.464 e. The van der Waals surface area contributed by atoms with E-state index in [0.717, 1.165) is 7.11 Å². The lowest BCUT2D eigenvalue weighted by molar-refractivity contribution is -0.141. The molecule has 0 saturated carbocycles. The molecule has 0 bridgehead atoms. The molecular formula is C8H5ClF3NO4S. The van der Waals surface area contributed by atoms with Crippen LogP contribution in [0.15, 0.2) is 17.0 Å². The van der Waals surface area contributed by atoms with E-state index in [1.54, 1.807) is 0 Å². The summed E-state index contributed by atoms with van der Waals surface area (Å²) >= 11 is 0. The van der Waals surface area contributed by atoms with Crippen LogP contribution in [0.3, 0.4) is 0 Å². The van der Waals surface area contributed by atoms with Crippen molar-refractivity contribution in [3.63, 3.8) is 0 Å². The molecule has 0 aliphatic heterocycles. The van der Waals surface area contributed by atoms with Gasteiger partial charge in [0.05, 0.1) is 12.0 Å². The smallest absolute Gasteiger partial charge is 0.433 e. The molecule has 0 aliphatic carbocycles. The lowest BCUT2D eigenvalue weighted by Gasteiger charge is -2.08. The Bertz CT molecular complexity index is 584. The fourth-order valence-electron chi connectivity index (χ4n) is 1.00. The first-order valence-corrected chi connectivity index (χ1v) is 6.49. The van der Waals surface area contributed by atoms with Crippen molar-refractivity contribution in [3.05, 3.63) is 23.5 Å². The molecule has 1 heterocycles. The van der Waals surface area contributed by atoms with Crippen molar-refractivity contribution in [2.45, 2.75) is 11.1 Å². The minimum atomic E-state index is -4.92. The van der Waals surface area contributed by atoms with Gasteiger partial charge < -0.3 is 4.74 Å². The van der Waals surface area contributed by atoms with Crippen LogP contribution in [-0.2, 0) is 20.0 Å². The minimum absolute atomic E-state index is 0.231. The van der Waals surface area contributed by atoms with E-state index in [9.17, 15) is 26.4 Å². The van der Waals surface area contributed by atoms with Gasteiger partial charge in [-0.25, -0.2) is 18.2 Å². The summed E-state index contributed by atoms with van der Waals surface area (Å²) < 4.78 is 63.5. The Labute approximate surface area is 104 Å². The van der Waals surface area contributed by atoms with Crippen LogP contribution in [0.1, 0.15) is 16.2 Å². The number of aromatic nitrogens is 1. The summed E-state index contributed by atoms with van der Waals surface area (Å²) in [6.45, 7) is 0. The molecule has 1 aromatic heterocycles. The summed E-state index contributed by atoms with van der Waals surface area (Å²) in [7, 11) is 1.42. The molecule has 0 aliphatic rings. The number of nitrogens with zero attached hydrogens (tertiary/aromatic N) is 1. The molecule has 0 amide bonds. The Kier molecular flexibility index (Phi) is 3.86. The Morgan fingerprint density at radius 3 is 2.33 bits per heavy atom. The number of alkyl halides is 3. The van der Waals surface area contributed by atoms with Crippen LogP contribution < -0.4 is 0 Å². The van der Waals surface area contributed by atoms with Gasteiger partial charge in [-0.1, -0.05) is 0 Å². The third kappa shape index (κ3) is 3.33. The summed E-state index contributed by atoms with van der Waals surface area (Å²) in [5, 5.41) is 0. The van der Waals surface area contributed by atoms with E-state index in [-0.39, 0.29) is 6.07 Å². The molecule has 0 N–H and O–H groups in total. The van der Waals surface area contributed by atoms with E-state index < -0.39 is 37.5 Å². The van der Waals surface area contributed by atoms with E-state index >= 15 is 0 Å². The molecular weight excluding hydrogens is 299 g/mol. The van der Waals surface area contributed by atoms with Gasteiger partial charge in [-0.15, -0.1) is 0 Å². The molecule has 0 radical (unpaired) electrons. The van der Waals surface area contributed by atoms with Crippen molar-refractivity contribution in [2.24, 2.45) is 0 Å². The molecule has 0 unspecified atom stereocenters. The van der Waals surface area contributed by atoms with Crippen LogP contribution in [-0.4, -0.2) is 26.5 Å². The molecule has 18 heavy (non-hydrogen) atoms. The first-order valence-electron chi connectivity index (χ1n) is 4.18. The first kappa shape index (κ1) is 14.7. The largest absolute Gasteiger partial charge is 0.464 e. The zero-order chi connectivity index (χ0) is 14.1. The highest BCUT2D eigenvalue weighted by atomic mass is 35.7. The number of pyridine rings is 1. The molecule has 0 spiro atoms. The number of esters is 1. The fourth-order valence-corrected chi connectivity index (χ4v) is 1.77. The predicted octanol–water partition coefficient (Wildman–Crippen LogP) is 1.81. The molecule has 0 atom stereocenters. The van der Waals surface area contributed by atoms with Crippen molar-refractivity contribution >= 4 is 25.7 Å².